The van der Waals surface area contributed by atoms with E-state index in [2.05, 4.69) is 16.0 Å². The molecule has 2 aromatic rings. The summed E-state index contributed by atoms with van der Waals surface area (Å²) >= 11 is 0. The fraction of sp³-hybridized carbons (Fsp3) is 0.560. The fourth-order valence-corrected chi connectivity index (χ4v) is 6.60. The van der Waals surface area contributed by atoms with Crippen LogP contribution in [-0.2, 0) is 29.8 Å². The van der Waals surface area contributed by atoms with Crippen LogP contribution in [0.2, 0.25) is 0 Å². The first-order valence-electron chi connectivity index (χ1n) is 12.1. The molecule has 1 aromatic heterocycles. The van der Waals surface area contributed by atoms with Gasteiger partial charge in [0, 0.05) is 36.2 Å². The number of nitrogens with two attached hydrogens (primary N) is 2. The molecule has 3 atom stereocenters. The van der Waals surface area contributed by atoms with Gasteiger partial charge in [-0.05, 0) is 50.3 Å². The molecule has 2 saturated heterocycles. The number of anilines is 2. The van der Waals surface area contributed by atoms with Crippen molar-refractivity contribution in [3.63, 3.8) is 0 Å². The molecule has 0 amide bonds. The predicted octanol–water partition coefficient (Wildman–Crippen LogP) is 2.77. The Morgan fingerprint density at radius 3 is 3.00 bits per heavy atom. The number of aromatic nitrogens is 2. The third kappa shape index (κ3) is 3.23. The molecular formula is C25H29FN6O2. The summed E-state index contributed by atoms with van der Waals surface area (Å²) in [6.07, 6.45) is 4.71. The lowest BCUT2D eigenvalue weighted by Gasteiger charge is -2.42. The predicted molar refractivity (Wildman–Crippen MR) is 124 cm³/mol. The van der Waals surface area contributed by atoms with E-state index in [1.54, 1.807) is 6.07 Å². The maximum Gasteiger partial charge on any atom is 0.318 e. The molecule has 1 spiro atoms. The van der Waals surface area contributed by atoms with Gasteiger partial charge in [-0.15, -0.1) is 0 Å². The molecule has 3 aliphatic heterocycles. The maximum absolute atomic E-state index is 14.1. The molecular weight excluding hydrogens is 435 g/mol. The number of benzene rings is 1. The summed E-state index contributed by atoms with van der Waals surface area (Å²) in [5.74, 6) is 0.342. The van der Waals surface area contributed by atoms with Crippen molar-refractivity contribution in [3.8, 4) is 12.1 Å². The Balaban J connectivity index is 1.32. The van der Waals surface area contributed by atoms with E-state index in [9.17, 15) is 9.65 Å². The van der Waals surface area contributed by atoms with Crippen molar-refractivity contribution in [2.75, 3.05) is 31.2 Å². The molecule has 4 N–H and O–H groups in total. The highest BCUT2D eigenvalue weighted by atomic mass is 19.1. The van der Waals surface area contributed by atoms with E-state index < -0.39 is 11.8 Å². The second kappa shape index (κ2) is 7.79. The number of nitrogen functional groups attached to an aromatic ring is 2. The molecule has 2 fully saturated rings. The Hall–Kier alpha value is -2.96. The van der Waals surface area contributed by atoms with Crippen LogP contribution in [0.25, 0.3) is 0 Å². The Kier molecular flexibility index (Phi) is 4.94. The molecule has 0 bridgehead atoms. The number of aryl methyl sites for hydroxylation is 1. The number of fused-ring (bicyclic) bond motifs is 4. The van der Waals surface area contributed by atoms with Gasteiger partial charge in [-0.1, -0.05) is 6.07 Å². The van der Waals surface area contributed by atoms with Crippen LogP contribution in [0.5, 0.6) is 6.01 Å². The number of hydrogen-bond acceptors (Lipinski definition) is 8. The second-order valence-electron chi connectivity index (χ2n) is 10.2. The Morgan fingerprint density at radius 1 is 1.26 bits per heavy atom. The number of ether oxygens (including phenoxy) is 2. The third-order valence-corrected chi connectivity index (χ3v) is 8.20. The lowest BCUT2D eigenvalue weighted by atomic mass is 9.72. The molecule has 0 radical (unpaired) electrons. The van der Waals surface area contributed by atoms with Crippen molar-refractivity contribution in [3.05, 3.63) is 40.1 Å². The Bertz CT molecular complexity index is 1200. The standard InChI is InChI=1S/C25H29FN6O2/c26-16-9-24(6-2-8-32(24)12-16)14-33-23-30-20-10-25(34-13-18(20)22(29)31-23)7-1-3-15-4-5-19(28)17(11-27)21(15)25/h4-5,16H,1-3,6-10,12-14,28H2,(H2,29,30,31)/t16-,24?,25+/m1/s1. The van der Waals surface area contributed by atoms with Gasteiger partial charge in [0.1, 0.15) is 30.3 Å². The van der Waals surface area contributed by atoms with Gasteiger partial charge in [-0.2, -0.15) is 15.2 Å². The minimum Gasteiger partial charge on any atom is -0.461 e. The van der Waals surface area contributed by atoms with Crippen LogP contribution in [0, 0.1) is 11.3 Å². The van der Waals surface area contributed by atoms with Crippen molar-refractivity contribution in [1.82, 2.24) is 14.9 Å². The largest absolute Gasteiger partial charge is 0.461 e. The summed E-state index contributed by atoms with van der Waals surface area (Å²) in [4.78, 5) is 11.3. The molecule has 8 nitrogen and oxygen atoms in total. The average molecular weight is 465 g/mol. The fourth-order valence-electron chi connectivity index (χ4n) is 6.60. The van der Waals surface area contributed by atoms with E-state index in [-0.39, 0.29) is 18.2 Å². The van der Waals surface area contributed by atoms with Crippen LogP contribution in [0.3, 0.4) is 0 Å². The molecule has 1 aliphatic carbocycles. The van der Waals surface area contributed by atoms with Gasteiger partial charge in [0.25, 0.3) is 0 Å². The minimum atomic E-state index is -0.816. The molecule has 6 rings (SSSR count). The summed E-state index contributed by atoms with van der Waals surface area (Å²) in [7, 11) is 0. The molecule has 178 valence electrons. The van der Waals surface area contributed by atoms with Crippen molar-refractivity contribution in [1.29, 1.82) is 5.26 Å². The summed E-state index contributed by atoms with van der Waals surface area (Å²) in [5, 5.41) is 9.86. The SMILES string of the molecule is N#Cc1c(N)ccc2c1[C@]1(CCC2)Cc2nc(OCC34CCCN3C[C@H](F)C4)nc(N)c2CO1. The highest BCUT2D eigenvalue weighted by molar-refractivity contribution is 5.63. The molecule has 4 aliphatic rings. The average Bonchev–Trinajstić information content (AvgIpc) is 3.34. The van der Waals surface area contributed by atoms with Crippen LogP contribution >= 0.6 is 0 Å². The number of halogens is 1. The van der Waals surface area contributed by atoms with Crippen LogP contribution in [0.4, 0.5) is 15.9 Å². The molecule has 1 aromatic carbocycles. The second-order valence-corrected chi connectivity index (χ2v) is 10.2. The smallest absolute Gasteiger partial charge is 0.318 e. The van der Waals surface area contributed by atoms with Crippen LogP contribution in [0.15, 0.2) is 12.1 Å². The zero-order valence-corrected chi connectivity index (χ0v) is 19.1. The minimum absolute atomic E-state index is 0.223. The van der Waals surface area contributed by atoms with Crippen LogP contribution in [-0.4, -0.2) is 46.3 Å². The topological polar surface area (TPSA) is 123 Å². The number of hydrogen-bond donors (Lipinski definition) is 2. The van der Waals surface area contributed by atoms with Gasteiger partial charge in [0.2, 0.25) is 0 Å². The van der Waals surface area contributed by atoms with Gasteiger partial charge >= 0.3 is 6.01 Å². The first-order chi connectivity index (χ1) is 16.4. The highest BCUT2D eigenvalue weighted by Gasteiger charge is 2.49. The van der Waals surface area contributed by atoms with E-state index in [1.165, 1.54) is 0 Å². The van der Waals surface area contributed by atoms with E-state index in [1.807, 2.05) is 6.07 Å². The maximum atomic E-state index is 14.1. The zero-order chi connectivity index (χ0) is 23.5. The zero-order valence-electron chi connectivity index (χ0n) is 19.1. The van der Waals surface area contributed by atoms with Gasteiger partial charge < -0.3 is 20.9 Å². The van der Waals surface area contributed by atoms with Crippen LogP contribution < -0.4 is 16.2 Å². The lowest BCUT2D eigenvalue weighted by Crippen LogP contribution is -2.44. The van der Waals surface area contributed by atoms with E-state index in [4.69, 9.17) is 25.9 Å². The number of rotatable bonds is 3. The van der Waals surface area contributed by atoms with E-state index in [0.29, 0.717) is 43.1 Å². The summed E-state index contributed by atoms with van der Waals surface area (Å²) in [5.41, 5.74) is 16.0. The van der Waals surface area contributed by atoms with Gasteiger partial charge in [0.05, 0.1) is 23.4 Å². The van der Waals surface area contributed by atoms with Crippen molar-refractivity contribution in [2.24, 2.45) is 0 Å². The number of nitriles is 1. The molecule has 9 heteroatoms. The number of nitrogens with zero attached hydrogens (tertiary/aromatic N) is 4. The normalized spacial score (nSPS) is 29.9. The monoisotopic (exact) mass is 464 g/mol. The molecule has 0 saturated carbocycles. The Morgan fingerprint density at radius 2 is 2.15 bits per heavy atom. The quantitative estimate of drug-likeness (QED) is 0.665. The van der Waals surface area contributed by atoms with Gasteiger partial charge in [-0.25, -0.2) is 4.39 Å². The van der Waals surface area contributed by atoms with Gasteiger partial charge in [-0.3, -0.25) is 4.90 Å². The first kappa shape index (κ1) is 21.6. The van der Waals surface area contributed by atoms with E-state index >= 15 is 0 Å². The van der Waals surface area contributed by atoms with Crippen LogP contribution in [0.1, 0.15) is 60.1 Å². The van der Waals surface area contributed by atoms with Gasteiger partial charge in [0.15, 0.2) is 0 Å². The van der Waals surface area contributed by atoms with Crippen molar-refractivity contribution < 1.29 is 13.9 Å². The molecule has 1 unspecified atom stereocenters. The van der Waals surface area contributed by atoms with E-state index in [0.717, 1.165) is 61.0 Å². The van der Waals surface area contributed by atoms with Crippen molar-refractivity contribution in [2.45, 2.75) is 68.9 Å². The summed E-state index contributed by atoms with van der Waals surface area (Å²) in [6.45, 7) is 1.99. The van der Waals surface area contributed by atoms with Crippen molar-refractivity contribution >= 4 is 11.5 Å². The summed E-state index contributed by atoms with van der Waals surface area (Å²) in [6, 6.07) is 6.32. The number of alkyl halides is 1. The highest BCUT2D eigenvalue weighted by Crippen LogP contribution is 2.47. The lowest BCUT2D eigenvalue weighted by molar-refractivity contribution is -0.0855. The first-order valence-corrected chi connectivity index (χ1v) is 12.1. The molecule has 34 heavy (non-hydrogen) atoms. The molecule has 4 heterocycles. The summed E-state index contributed by atoms with van der Waals surface area (Å²) < 4.78 is 26.6. The third-order valence-electron chi connectivity index (χ3n) is 8.20. The Labute approximate surface area is 198 Å².